The minimum atomic E-state index is -0.384. The van der Waals surface area contributed by atoms with Crippen LogP contribution in [0.15, 0.2) is 51.9 Å². The number of hydrogen-bond acceptors (Lipinski definition) is 2. The minimum Gasteiger partial charge on any atom is -0.348 e. The lowest BCUT2D eigenvalue weighted by Crippen LogP contribution is -2.28. The monoisotopic (exact) mass is 306 g/mol. The van der Waals surface area contributed by atoms with Crippen molar-refractivity contribution in [3.8, 4) is 0 Å². The van der Waals surface area contributed by atoms with Crippen molar-refractivity contribution in [3.05, 3.63) is 68.5 Å². The summed E-state index contributed by atoms with van der Waals surface area (Å²) >= 11 is 3.34. The van der Waals surface area contributed by atoms with Crippen molar-refractivity contribution in [2.24, 2.45) is 0 Å². The molecule has 0 aliphatic rings. The van der Waals surface area contributed by atoms with E-state index >= 15 is 0 Å². The standard InChI is InChI=1S/C13H11BrN2O2/c14-10-5-3-9(4-6-10)8-16-13(18)11-2-1-7-15-12(11)17/h1-7H,8H2,(H,15,17)(H,16,18). The van der Waals surface area contributed by atoms with E-state index in [2.05, 4.69) is 26.2 Å². The zero-order valence-electron chi connectivity index (χ0n) is 9.44. The van der Waals surface area contributed by atoms with Crippen LogP contribution < -0.4 is 10.9 Å². The van der Waals surface area contributed by atoms with Gasteiger partial charge in [0, 0.05) is 17.2 Å². The zero-order valence-corrected chi connectivity index (χ0v) is 11.0. The number of carbonyl (C=O) groups is 1. The molecule has 2 rings (SSSR count). The van der Waals surface area contributed by atoms with Gasteiger partial charge in [0.15, 0.2) is 0 Å². The molecule has 2 N–H and O–H groups in total. The molecule has 0 fully saturated rings. The predicted octanol–water partition coefficient (Wildman–Crippen LogP) is 2.07. The zero-order chi connectivity index (χ0) is 13.0. The summed E-state index contributed by atoms with van der Waals surface area (Å²) in [6.07, 6.45) is 1.49. The van der Waals surface area contributed by atoms with Gasteiger partial charge in [0.05, 0.1) is 0 Å². The Morgan fingerprint density at radius 1 is 1.22 bits per heavy atom. The van der Waals surface area contributed by atoms with Crippen LogP contribution in [0.3, 0.4) is 0 Å². The second kappa shape index (κ2) is 5.64. The fraction of sp³-hybridized carbons (Fsp3) is 0.0769. The molecule has 0 spiro atoms. The molecule has 0 aliphatic heterocycles. The fourth-order valence-electron chi connectivity index (χ4n) is 1.48. The van der Waals surface area contributed by atoms with Crippen molar-refractivity contribution in [2.75, 3.05) is 0 Å². The van der Waals surface area contributed by atoms with Crippen molar-refractivity contribution in [3.63, 3.8) is 0 Å². The molecule has 1 aromatic heterocycles. The number of pyridine rings is 1. The predicted molar refractivity (Wildman–Crippen MR) is 72.4 cm³/mol. The largest absolute Gasteiger partial charge is 0.348 e. The number of halogens is 1. The topological polar surface area (TPSA) is 62.0 Å². The molecule has 4 nitrogen and oxygen atoms in total. The highest BCUT2D eigenvalue weighted by Crippen LogP contribution is 2.10. The summed E-state index contributed by atoms with van der Waals surface area (Å²) in [6, 6.07) is 10.7. The van der Waals surface area contributed by atoms with Crippen LogP contribution in [0.5, 0.6) is 0 Å². The molecular weight excluding hydrogens is 296 g/mol. The van der Waals surface area contributed by atoms with E-state index in [1.165, 1.54) is 12.3 Å². The van der Waals surface area contributed by atoms with Gasteiger partial charge in [-0.2, -0.15) is 0 Å². The van der Waals surface area contributed by atoms with Crippen LogP contribution in [0.1, 0.15) is 15.9 Å². The van der Waals surface area contributed by atoms with Crippen LogP contribution in [0, 0.1) is 0 Å². The molecule has 92 valence electrons. The number of H-pyrrole nitrogens is 1. The maximum Gasteiger partial charge on any atom is 0.260 e. The van der Waals surface area contributed by atoms with E-state index in [0.717, 1.165) is 10.0 Å². The van der Waals surface area contributed by atoms with Crippen LogP contribution >= 0.6 is 15.9 Å². The van der Waals surface area contributed by atoms with Gasteiger partial charge in [-0.05, 0) is 29.8 Å². The molecule has 0 radical (unpaired) electrons. The van der Waals surface area contributed by atoms with Gasteiger partial charge >= 0.3 is 0 Å². The summed E-state index contributed by atoms with van der Waals surface area (Å²) in [5.41, 5.74) is 0.708. The molecule has 0 bridgehead atoms. The molecule has 0 saturated heterocycles. The van der Waals surface area contributed by atoms with E-state index in [9.17, 15) is 9.59 Å². The molecule has 0 atom stereocenters. The molecule has 1 heterocycles. The van der Waals surface area contributed by atoms with Gasteiger partial charge in [-0.1, -0.05) is 28.1 Å². The minimum absolute atomic E-state index is 0.120. The van der Waals surface area contributed by atoms with E-state index in [0.29, 0.717) is 6.54 Å². The molecule has 1 aromatic carbocycles. The Morgan fingerprint density at radius 3 is 2.61 bits per heavy atom. The lowest BCUT2D eigenvalue weighted by molar-refractivity contribution is 0.0949. The molecule has 5 heteroatoms. The number of carbonyl (C=O) groups excluding carboxylic acids is 1. The van der Waals surface area contributed by atoms with E-state index in [1.807, 2.05) is 24.3 Å². The van der Waals surface area contributed by atoms with Gasteiger partial charge in [0.1, 0.15) is 5.56 Å². The van der Waals surface area contributed by atoms with E-state index in [-0.39, 0.29) is 17.0 Å². The van der Waals surface area contributed by atoms with Crippen LogP contribution in [0.2, 0.25) is 0 Å². The van der Waals surface area contributed by atoms with Gasteiger partial charge in [-0.3, -0.25) is 9.59 Å². The summed E-state index contributed by atoms with van der Waals surface area (Å²) in [5.74, 6) is -0.375. The summed E-state index contributed by atoms with van der Waals surface area (Å²) in [5, 5.41) is 2.70. The second-order valence-electron chi connectivity index (χ2n) is 3.72. The molecule has 18 heavy (non-hydrogen) atoms. The highest BCUT2D eigenvalue weighted by Gasteiger charge is 2.08. The summed E-state index contributed by atoms with van der Waals surface area (Å²) < 4.78 is 0.983. The number of aromatic nitrogens is 1. The third kappa shape index (κ3) is 3.07. The molecule has 0 aliphatic carbocycles. The average molecular weight is 307 g/mol. The first-order chi connectivity index (χ1) is 8.66. The maximum absolute atomic E-state index is 11.8. The Balaban J connectivity index is 2.03. The number of aromatic amines is 1. The van der Waals surface area contributed by atoms with Gasteiger partial charge in [0.2, 0.25) is 0 Å². The molecular formula is C13H11BrN2O2. The summed E-state index contributed by atoms with van der Waals surface area (Å²) in [6.45, 7) is 0.389. The SMILES string of the molecule is O=C(NCc1ccc(Br)cc1)c1ccc[nH]c1=O. The molecule has 0 unspecified atom stereocenters. The molecule has 2 aromatic rings. The van der Waals surface area contributed by atoms with Crippen LogP contribution in [0.4, 0.5) is 0 Å². The third-order valence-corrected chi connectivity index (χ3v) is 2.96. The van der Waals surface area contributed by atoms with Gasteiger partial charge < -0.3 is 10.3 Å². The highest BCUT2D eigenvalue weighted by molar-refractivity contribution is 9.10. The Morgan fingerprint density at radius 2 is 1.94 bits per heavy atom. The fourth-order valence-corrected chi connectivity index (χ4v) is 1.74. The first kappa shape index (κ1) is 12.6. The van der Waals surface area contributed by atoms with Crippen molar-refractivity contribution < 1.29 is 4.79 Å². The number of benzene rings is 1. The van der Waals surface area contributed by atoms with Crippen LogP contribution in [0.25, 0.3) is 0 Å². The van der Waals surface area contributed by atoms with Gasteiger partial charge in [0.25, 0.3) is 11.5 Å². The second-order valence-corrected chi connectivity index (χ2v) is 4.64. The normalized spacial score (nSPS) is 10.1. The van der Waals surface area contributed by atoms with Crippen molar-refractivity contribution in [2.45, 2.75) is 6.54 Å². The highest BCUT2D eigenvalue weighted by atomic mass is 79.9. The summed E-state index contributed by atoms with van der Waals surface area (Å²) in [7, 11) is 0. The van der Waals surface area contributed by atoms with Crippen LogP contribution in [-0.2, 0) is 6.54 Å². The molecule has 1 amide bonds. The number of amides is 1. The van der Waals surface area contributed by atoms with E-state index in [4.69, 9.17) is 0 Å². The Labute approximate surface area is 112 Å². The van der Waals surface area contributed by atoms with Gasteiger partial charge in [-0.25, -0.2) is 0 Å². The average Bonchev–Trinajstić information content (AvgIpc) is 2.38. The van der Waals surface area contributed by atoms with E-state index in [1.54, 1.807) is 6.07 Å². The third-order valence-electron chi connectivity index (χ3n) is 2.43. The van der Waals surface area contributed by atoms with Crippen molar-refractivity contribution in [1.82, 2.24) is 10.3 Å². The lowest BCUT2D eigenvalue weighted by Gasteiger charge is -2.04. The number of hydrogen-bond donors (Lipinski definition) is 2. The summed E-state index contributed by atoms with van der Waals surface area (Å²) in [4.78, 5) is 25.6. The van der Waals surface area contributed by atoms with Crippen molar-refractivity contribution >= 4 is 21.8 Å². The van der Waals surface area contributed by atoms with Crippen LogP contribution in [-0.4, -0.2) is 10.9 Å². The molecule has 0 saturated carbocycles. The number of rotatable bonds is 3. The Kier molecular flexibility index (Phi) is 3.94. The first-order valence-corrected chi connectivity index (χ1v) is 6.16. The first-order valence-electron chi connectivity index (χ1n) is 5.37. The van der Waals surface area contributed by atoms with Gasteiger partial charge in [-0.15, -0.1) is 0 Å². The van der Waals surface area contributed by atoms with Crippen molar-refractivity contribution in [1.29, 1.82) is 0 Å². The smallest absolute Gasteiger partial charge is 0.260 e. The Hall–Kier alpha value is -1.88. The Bertz CT molecular complexity index is 605. The number of nitrogens with one attached hydrogen (secondary N) is 2. The van der Waals surface area contributed by atoms with E-state index < -0.39 is 0 Å². The lowest BCUT2D eigenvalue weighted by atomic mass is 10.2. The maximum atomic E-state index is 11.8. The quantitative estimate of drug-likeness (QED) is 0.912.